The van der Waals surface area contributed by atoms with Crippen LogP contribution in [-0.4, -0.2) is 71.3 Å². The van der Waals surface area contributed by atoms with Gasteiger partial charge in [0.2, 0.25) is 17.7 Å². The molecule has 3 N–H and O–H groups in total. The Bertz CT molecular complexity index is 1010. The number of halogens is 5. The number of nitrogens with zero attached hydrogens (tertiary/aromatic N) is 2. The van der Waals surface area contributed by atoms with Crippen LogP contribution in [0.5, 0.6) is 0 Å². The van der Waals surface area contributed by atoms with Crippen LogP contribution in [0.1, 0.15) is 57.8 Å². The molecule has 38 heavy (non-hydrogen) atoms. The van der Waals surface area contributed by atoms with Crippen molar-refractivity contribution in [2.45, 2.75) is 94.1 Å². The molecule has 3 saturated heterocycles. The van der Waals surface area contributed by atoms with Gasteiger partial charge in [-0.2, -0.15) is 18.4 Å². The summed E-state index contributed by atoms with van der Waals surface area (Å²) in [6.45, 7) is 0.489. The summed E-state index contributed by atoms with van der Waals surface area (Å²) in [7, 11) is 0. The van der Waals surface area contributed by atoms with Crippen molar-refractivity contribution < 1.29 is 41.1 Å². The van der Waals surface area contributed by atoms with E-state index in [-0.39, 0.29) is 37.5 Å². The second-order valence-corrected chi connectivity index (χ2v) is 10.8. The molecule has 9 nitrogen and oxygen atoms in total. The van der Waals surface area contributed by atoms with Gasteiger partial charge in [-0.25, -0.2) is 8.78 Å². The Balaban J connectivity index is 1.56. The number of nitriles is 1. The summed E-state index contributed by atoms with van der Waals surface area (Å²) >= 11 is 0. The van der Waals surface area contributed by atoms with E-state index in [9.17, 15) is 46.4 Å². The van der Waals surface area contributed by atoms with Crippen LogP contribution in [0.4, 0.5) is 22.0 Å². The maximum atomic E-state index is 14.9. The minimum atomic E-state index is -5.25. The minimum absolute atomic E-state index is 0.0504. The molecular weight excluding hydrogens is 517 g/mol. The van der Waals surface area contributed by atoms with E-state index in [1.54, 1.807) is 5.32 Å². The van der Waals surface area contributed by atoms with Gasteiger partial charge in [0.1, 0.15) is 18.1 Å². The van der Waals surface area contributed by atoms with Crippen molar-refractivity contribution in [2.75, 3.05) is 6.54 Å². The van der Waals surface area contributed by atoms with Crippen molar-refractivity contribution in [1.29, 1.82) is 5.26 Å². The maximum absolute atomic E-state index is 14.9. The normalized spacial score (nSPS) is 30.0. The van der Waals surface area contributed by atoms with Crippen LogP contribution in [0.25, 0.3) is 0 Å². The average molecular weight is 548 g/mol. The number of carbonyl (C=O) groups excluding carboxylic acids is 4. The molecule has 3 heterocycles. The Morgan fingerprint density at radius 3 is 2.39 bits per heavy atom. The lowest BCUT2D eigenvalue weighted by molar-refractivity contribution is -0.196. The monoisotopic (exact) mass is 547 g/mol. The van der Waals surface area contributed by atoms with Gasteiger partial charge < -0.3 is 20.9 Å². The van der Waals surface area contributed by atoms with Crippen LogP contribution in [0, 0.1) is 29.1 Å². The van der Waals surface area contributed by atoms with E-state index in [0.717, 1.165) is 4.90 Å². The number of alkyl halides is 5. The Labute approximate surface area is 215 Å². The fourth-order valence-electron chi connectivity index (χ4n) is 5.90. The predicted octanol–water partition coefficient (Wildman–Crippen LogP) is 1.77. The third-order valence-corrected chi connectivity index (χ3v) is 7.98. The molecule has 0 unspecified atom stereocenters. The van der Waals surface area contributed by atoms with Gasteiger partial charge in [0.15, 0.2) is 0 Å². The van der Waals surface area contributed by atoms with Gasteiger partial charge in [-0.3, -0.25) is 19.2 Å². The second kappa shape index (κ2) is 10.6. The lowest BCUT2D eigenvalue weighted by Crippen LogP contribution is -2.71. The SMILES string of the molecule is N#C[C@@H](C[C@@H]1CCCNC1=O)NC(=O)[C@H]1[C@@H]2CC[C@@H](CC2(F)F)N1C(=O)[C@@H](CC1CC1)NC(=O)C(F)(F)F. The van der Waals surface area contributed by atoms with E-state index in [1.807, 2.05) is 6.07 Å². The van der Waals surface area contributed by atoms with E-state index >= 15 is 0 Å². The smallest absolute Gasteiger partial charge is 0.356 e. The fraction of sp³-hybridized carbons (Fsp3) is 0.792. The highest BCUT2D eigenvalue weighted by molar-refractivity contribution is 5.94. The maximum Gasteiger partial charge on any atom is 0.471 e. The molecule has 6 atom stereocenters. The van der Waals surface area contributed by atoms with E-state index < -0.39 is 72.2 Å². The summed E-state index contributed by atoms with van der Waals surface area (Å²) in [5.74, 6) is -10.2. The molecule has 0 aromatic rings. The van der Waals surface area contributed by atoms with Gasteiger partial charge in [-0.1, -0.05) is 12.8 Å². The first-order valence-corrected chi connectivity index (χ1v) is 12.9. The topological polar surface area (TPSA) is 131 Å². The third kappa shape index (κ3) is 6.02. The number of hydrogen-bond donors (Lipinski definition) is 3. The zero-order chi connectivity index (χ0) is 27.8. The Morgan fingerprint density at radius 1 is 1.11 bits per heavy atom. The van der Waals surface area contributed by atoms with Crippen molar-refractivity contribution in [3.8, 4) is 6.07 Å². The molecular formula is C24H30F5N5O4. The van der Waals surface area contributed by atoms with Gasteiger partial charge in [-0.05, 0) is 44.4 Å². The highest BCUT2D eigenvalue weighted by Gasteiger charge is 2.61. The highest BCUT2D eigenvalue weighted by Crippen LogP contribution is 2.49. The lowest BCUT2D eigenvalue weighted by atomic mass is 9.71. The number of carbonyl (C=O) groups is 4. The molecule has 5 fully saturated rings. The number of rotatable bonds is 8. The molecule has 2 saturated carbocycles. The molecule has 0 aromatic carbocycles. The number of fused-ring (bicyclic) bond motifs is 3. The third-order valence-electron chi connectivity index (χ3n) is 7.98. The van der Waals surface area contributed by atoms with Crippen LogP contribution in [0.15, 0.2) is 0 Å². The summed E-state index contributed by atoms with van der Waals surface area (Å²) in [6.07, 6.45) is -3.65. The molecule has 4 amide bonds. The molecule has 3 aliphatic heterocycles. The van der Waals surface area contributed by atoms with E-state index in [2.05, 4.69) is 10.6 Å². The summed E-state index contributed by atoms with van der Waals surface area (Å²) in [4.78, 5) is 51.6. The molecule has 2 bridgehead atoms. The van der Waals surface area contributed by atoms with E-state index in [0.29, 0.717) is 32.2 Å². The molecule has 5 aliphatic rings. The first kappa shape index (κ1) is 28.0. The quantitative estimate of drug-likeness (QED) is 0.399. The Hall–Kier alpha value is -2.98. The summed E-state index contributed by atoms with van der Waals surface area (Å²) in [5, 5.41) is 16.4. The van der Waals surface area contributed by atoms with Gasteiger partial charge in [0.05, 0.1) is 12.0 Å². The van der Waals surface area contributed by atoms with Crippen molar-refractivity contribution in [1.82, 2.24) is 20.9 Å². The number of piperidine rings is 3. The van der Waals surface area contributed by atoms with Crippen LogP contribution in [-0.2, 0) is 19.2 Å². The van der Waals surface area contributed by atoms with Gasteiger partial charge in [0, 0.05) is 24.9 Å². The van der Waals surface area contributed by atoms with Crippen molar-refractivity contribution in [3.63, 3.8) is 0 Å². The minimum Gasteiger partial charge on any atom is -0.356 e. The van der Waals surface area contributed by atoms with Crippen LogP contribution < -0.4 is 16.0 Å². The molecule has 2 aliphatic carbocycles. The van der Waals surface area contributed by atoms with Crippen LogP contribution >= 0.6 is 0 Å². The molecule has 0 spiro atoms. The molecule has 0 aromatic heterocycles. The standard InChI is InChI=1S/C24H30F5N5O4/c25-23(26)10-15-5-6-16(23)18(20(36)32-14(11-30)9-13-2-1-7-31-19(13)35)34(15)21(37)17(8-12-3-4-12)33-22(38)24(27,28)29/h12-18H,1-10H2,(H,31,35)(H,32,36)(H,33,38)/t13-,14+,15-,16-,17+,18+/m0/s1. The van der Waals surface area contributed by atoms with Crippen molar-refractivity contribution in [3.05, 3.63) is 0 Å². The molecule has 210 valence electrons. The Kier molecular flexibility index (Phi) is 7.86. The number of nitrogens with one attached hydrogen (secondary N) is 3. The zero-order valence-corrected chi connectivity index (χ0v) is 20.5. The molecule has 0 radical (unpaired) electrons. The first-order valence-electron chi connectivity index (χ1n) is 12.9. The van der Waals surface area contributed by atoms with Crippen LogP contribution in [0.3, 0.4) is 0 Å². The zero-order valence-electron chi connectivity index (χ0n) is 20.5. The molecule has 5 rings (SSSR count). The van der Waals surface area contributed by atoms with Crippen LogP contribution in [0.2, 0.25) is 0 Å². The summed E-state index contributed by atoms with van der Waals surface area (Å²) in [5.41, 5.74) is 0. The fourth-order valence-corrected chi connectivity index (χ4v) is 5.90. The van der Waals surface area contributed by atoms with Gasteiger partial charge >= 0.3 is 12.1 Å². The number of hydrogen-bond acceptors (Lipinski definition) is 5. The van der Waals surface area contributed by atoms with E-state index in [1.165, 1.54) is 0 Å². The largest absolute Gasteiger partial charge is 0.471 e. The summed E-state index contributed by atoms with van der Waals surface area (Å²) in [6, 6.07) is -3.81. The average Bonchev–Trinajstić information content (AvgIpc) is 3.66. The summed E-state index contributed by atoms with van der Waals surface area (Å²) < 4.78 is 68.8. The number of amides is 4. The first-order chi connectivity index (χ1) is 17.8. The highest BCUT2D eigenvalue weighted by atomic mass is 19.4. The van der Waals surface area contributed by atoms with Gasteiger partial charge in [0.25, 0.3) is 5.92 Å². The lowest BCUT2D eigenvalue weighted by Gasteiger charge is -2.54. The molecule has 14 heteroatoms. The second-order valence-electron chi connectivity index (χ2n) is 10.8. The predicted molar refractivity (Wildman–Crippen MR) is 120 cm³/mol. The van der Waals surface area contributed by atoms with Gasteiger partial charge in [-0.15, -0.1) is 0 Å². The van der Waals surface area contributed by atoms with E-state index in [4.69, 9.17) is 0 Å². The van der Waals surface area contributed by atoms with Crippen molar-refractivity contribution >= 4 is 23.6 Å². The van der Waals surface area contributed by atoms with Crippen molar-refractivity contribution in [2.24, 2.45) is 17.8 Å². The Morgan fingerprint density at radius 2 is 1.82 bits per heavy atom.